The fraction of sp³-hybridized carbons (Fsp3) is 0.462. The van der Waals surface area contributed by atoms with E-state index in [0.29, 0.717) is 11.7 Å². The summed E-state index contributed by atoms with van der Waals surface area (Å²) in [6.45, 7) is 1.40. The predicted molar refractivity (Wildman–Crippen MR) is 95.4 cm³/mol. The van der Waals surface area contributed by atoms with E-state index in [1.54, 1.807) is 6.33 Å². The third kappa shape index (κ3) is 4.81. The van der Waals surface area contributed by atoms with Gasteiger partial charge in [-0.25, -0.2) is 9.97 Å². The van der Waals surface area contributed by atoms with E-state index in [1.165, 1.54) is 11.3 Å². The second kappa shape index (κ2) is 9.07. The van der Waals surface area contributed by atoms with E-state index in [0.717, 1.165) is 42.9 Å². The molecule has 2 aromatic rings. The number of imidazole rings is 1. The van der Waals surface area contributed by atoms with Crippen molar-refractivity contribution in [2.45, 2.75) is 25.3 Å². The maximum absolute atomic E-state index is 12.2. The van der Waals surface area contributed by atoms with Crippen LogP contribution in [0.5, 0.6) is 0 Å². The average molecular weight is 379 g/mol. The van der Waals surface area contributed by atoms with Crippen LogP contribution in [0.15, 0.2) is 11.7 Å². The van der Waals surface area contributed by atoms with Crippen molar-refractivity contribution in [3.8, 4) is 0 Å². The minimum absolute atomic E-state index is 0. The van der Waals surface area contributed by atoms with Gasteiger partial charge in [0.15, 0.2) is 5.13 Å². The molecule has 0 bridgehead atoms. The molecular weight excluding hydrogens is 359 g/mol. The lowest BCUT2D eigenvalue weighted by atomic mass is 10.0. The molecule has 0 aliphatic carbocycles. The Morgan fingerprint density at radius 2 is 2.30 bits per heavy atom. The van der Waals surface area contributed by atoms with Crippen molar-refractivity contribution in [3.63, 3.8) is 0 Å². The summed E-state index contributed by atoms with van der Waals surface area (Å²) in [5.41, 5.74) is 8.43. The lowest BCUT2D eigenvalue weighted by molar-refractivity contribution is -0.123. The van der Waals surface area contributed by atoms with Crippen LogP contribution < -0.4 is 16.4 Å². The summed E-state index contributed by atoms with van der Waals surface area (Å²) in [5.74, 6) is -0.0270. The molecule has 0 radical (unpaired) electrons. The Morgan fingerprint density at radius 3 is 3.04 bits per heavy atom. The predicted octanol–water partition coefficient (Wildman–Crippen LogP) is 1.23. The van der Waals surface area contributed by atoms with E-state index >= 15 is 0 Å². The first-order chi connectivity index (χ1) is 10.2. The molecule has 1 amide bonds. The number of nitrogens with zero attached hydrogens (tertiary/aromatic N) is 2. The van der Waals surface area contributed by atoms with E-state index in [4.69, 9.17) is 5.73 Å². The molecule has 0 saturated heterocycles. The fourth-order valence-corrected chi connectivity index (χ4v) is 3.05. The highest BCUT2D eigenvalue weighted by molar-refractivity contribution is 7.13. The normalized spacial score (nSPS) is 15.9. The van der Waals surface area contributed by atoms with E-state index in [-0.39, 0.29) is 36.8 Å². The summed E-state index contributed by atoms with van der Waals surface area (Å²) in [4.78, 5) is 23.7. The molecule has 23 heavy (non-hydrogen) atoms. The number of rotatable bonds is 5. The summed E-state index contributed by atoms with van der Waals surface area (Å²) < 4.78 is 0. The number of amides is 1. The molecule has 0 fully saturated rings. The number of anilines is 1. The monoisotopic (exact) mass is 378 g/mol. The highest BCUT2D eigenvalue weighted by Gasteiger charge is 2.27. The molecular formula is C13H20Cl2N6OS. The minimum atomic E-state index is -0.352. The number of carbonyl (C=O) groups excluding carboxylic acids is 1. The van der Waals surface area contributed by atoms with Gasteiger partial charge in [-0.3, -0.25) is 4.79 Å². The van der Waals surface area contributed by atoms with Crippen molar-refractivity contribution in [2.75, 3.05) is 18.8 Å². The summed E-state index contributed by atoms with van der Waals surface area (Å²) in [7, 11) is 0. The Balaban J connectivity index is 0.00000132. The van der Waals surface area contributed by atoms with E-state index in [2.05, 4.69) is 25.6 Å². The van der Waals surface area contributed by atoms with Crippen molar-refractivity contribution >= 4 is 47.2 Å². The number of thiazole rings is 1. The maximum Gasteiger partial charge on any atom is 0.243 e. The van der Waals surface area contributed by atoms with Crippen LogP contribution in [0.25, 0.3) is 0 Å². The highest BCUT2D eigenvalue weighted by atomic mass is 35.5. The highest BCUT2D eigenvalue weighted by Crippen LogP contribution is 2.19. The standard InChI is InChI=1S/C13H18N6OS.2ClH/c14-13-19-8(6-21-13)2-1-4-16-12(20)11-10-9(3-5-15-11)17-7-18-10;;/h6-7,11,15H,1-5H2,(H2,14,19)(H,16,20)(H,17,18);2*1H. The number of nitrogens with two attached hydrogens (primary N) is 1. The lowest BCUT2D eigenvalue weighted by Crippen LogP contribution is -2.41. The van der Waals surface area contributed by atoms with E-state index < -0.39 is 0 Å². The average Bonchev–Trinajstić information content (AvgIpc) is 3.11. The second-order valence-corrected chi connectivity index (χ2v) is 5.86. The van der Waals surface area contributed by atoms with Gasteiger partial charge in [0.2, 0.25) is 5.91 Å². The van der Waals surface area contributed by atoms with Gasteiger partial charge in [-0.15, -0.1) is 36.2 Å². The van der Waals surface area contributed by atoms with Gasteiger partial charge in [0.1, 0.15) is 6.04 Å². The van der Waals surface area contributed by atoms with Gasteiger partial charge in [-0.1, -0.05) is 0 Å². The largest absolute Gasteiger partial charge is 0.375 e. The topological polar surface area (TPSA) is 109 Å². The summed E-state index contributed by atoms with van der Waals surface area (Å²) in [6, 6.07) is -0.352. The first-order valence-corrected chi connectivity index (χ1v) is 7.85. The Kier molecular flexibility index (Phi) is 7.77. The zero-order valence-electron chi connectivity index (χ0n) is 12.4. The van der Waals surface area contributed by atoms with Gasteiger partial charge in [-0.05, 0) is 12.8 Å². The van der Waals surface area contributed by atoms with Crippen LogP contribution in [0, 0.1) is 0 Å². The number of fused-ring (bicyclic) bond motifs is 1. The molecule has 3 rings (SSSR count). The van der Waals surface area contributed by atoms with Gasteiger partial charge < -0.3 is 21.4 Å². The molecule has 5 N–H and O–H groups in total. The number of nitrogen functional groups attached to an aromatic ring is 1. The number of aryl methyl sites for hydroxylation is 1. The number of aromatic amines is 1. The van der Waals surface area contributed by atoms with Crippen LogP contribution in [0.3, 0.4) is 0 Å². The third-order valence-electron chi connectivity index (χ3n) is 3.49. The van der Waals surface area contributed by atoms with Crippen LogP contribution >= 0.6 is 36.2 Å². The van der Waals surface area contributed by atoms with Crippen LogP contribution in [0.2, 0.25) is 0 Å². The summed E-state index contributed by atoms with van der Waals surface area (Å²) in [6.07, 6.45) is 4.18. The molecule has 0 saturated carbocycles. The van der Waals surface area contributed by atoms with Crippen LogP contribution in [-0.4, -0.2) is 33.9 Å². The van der Waals surface area contributed by atoms with Crippen molar-refractivity contribution in [2.24, 2.45) is 0 Å². The first kappa shape index (κ1) is 19.7. The Hall–Kier alpha value is -1.35. The molecule has 1 aliphatic heterocycles. The van der Waals surface area contributed by atoms with E-state index in [9.17, 15) is 4.79 Å². The van der Waals surface area contributed by atoms with Gasteiger partial charge in [0, 0.05) is 30.6 Å². The quantitative estimate of drug-likeness (QED) is 0.585. The molecule has 3 heterocycles. The van der Waals surface area contributed by atoms with Crippen LogP contribution in [-0.2, 0) is 17.6 Å². The van der Waals surface area contributed by atoms with Crippen molar-refractivity contribution in [1.82, 2.24) is 25.6 Å². The fourth-order valence-electron chi connectivity index (χ4n) is 2.46. The molecule has 7 nitrogen and oxygen atoms in total. The molecule has 0 spiro atoms. The molecule has 10 heteroatoms. The molecule has 2 aromatic heterocycles. The van der Waals surface area contributed by atoms with Crippen molar-refractivity contribution in [1.29, 1.82) is 0 Å². The number of H-pyrrole nitrogens is 1. The van der Waals surface area contributed by atoms with E-state index in [1.807, 2.05) is 5.38 Å². The lowest BCUT2D eigenvalue weighted by Gasteiger charge is -2.22. The van der Waals surface area contributed by atoms with Gasteiger partial charge in [0.05, 0.1) is 17.7 Å². The van der Waals surface area contributed by atoms with Gasteiger partial charge >= 0.3 is 0 Å². The number of halogens is 2. The number of carbonyl (C=O) groups is 1. The molecule has 1 aliphatic rings. The SMILES string of the molecule is Cl.Cl.Nc1nc(CCCNC(=O)C2NCCc3[nH]cnc32)cs1. The number of aromatic nitrogens is 3. The Morgan fingerprint density at radius 1 is 1.48 bits per heavy atom. The summed E-state index contributed by atoms with van der Waals surface area (Å²) >= 11 is 1.44. The number of hydrogen-bond donors (Lipinski definition) is 4. The van der Waals surface area contributed by atoms with Gasteiger partial charge in [0.25, 0.3) is 0 Å². The molecule has 128 valence electrons. The Bertz CT molecular complexity index is 632. The molecule has 0 aromatic carbocycles. The Labute approximate surface area is 150 Å². The van der Waals surface area contributed by atoms with Gasteiger partial charge in [-0.2, -0.15) is 0 Å². The zero-order valence-corrected chi connectivity index (χ0v) is 14.8. The third-order valence-corrected chi connectivity index (χ3v) is 4.21. The minimum Gasteiger partial charge on any atom is -0.375 e. The van der Waals surface area contributed by atoms with Crippen molar-refractivity contribution < 1.29 is 4.79 Å². The number of nitrogens with one attached hydrogen (secondary N) is 3. The zero-order chi connectivity index (χ0) is 14.7. The van der Waals surface area contributed by atoms with Crippen LogP contribution in [0.1, 0.15) is 29.5 Å². The second-order valence-electron chi connectivity index (χ2n) is 4.98. The summed E-state index contributed by atoms with van der Waals surface area (Å²) in [5, 5.41) is 8.69. The number of hydrogen-bond acceptors (Lipinski definition) is 6. The van der Waals surface area contributed by atoms with Crippen molar-refractivity contribution in [3.05, 3.63) is 28.8 Å². The smallest absolute Gasteiger partial charge is 0.243 e. The van der Waals surface area contributed by atoms with Crippen LogP contribution in [0.4, 0.5) is 5.13 Å². The first-order valence-electron chi connectivity index (χ1n) is 6.97. The maximum atomic E-state index is 12.2. The molecule has 1 unspecified atom stereocenters. The molecule has 1 atom stereocenters.